The summed E-state index contributed by atoms with van der Waals surface area (Å²) in [7, 11) is 2.11. The van der Waals surface area contributed by atoms with Crippen molar-refractivity contribution >= 4 is 34.4 Å². The molecule has 0 spiro atoms. The number of nitrogens with two attached hydrogens (primary N) is 1. The maximum atomic E-state index is 15.3. The van der Waals surface area contributed by atoms with Crippen molar-refractivity contribution in [1.82, 2.24) is 14.4 Å². The van der Waals surface area contributed by atoms with Crippen molar-refractivity contribution < 1.29 is 23.0 Å². The number of piperazine rings is 1. The molecule has 3 N–H and O–H groups in total. The fraction of sp³-hybridized carbons (Fsp3) is 0.273. The fourth-order valence-corrected chi connectivity index (χ4v) is 6.11. The van der Waals surface area contributed by atoms with E-state index in [2.05, 4.69) is 22.2 Å². The summed E-state index contributed by atoms with van der Waals surface area (Å²) in [5.41, 5.74) is 6.41. The number of hydrogen-bond donors (Lipinski definition) is 2. The first kappa shape index (κ1) is 31.9. The average molecular weight is 636 g/mol. The van der Waals surface area contributed by atoms with Crippen molar-refractivity contribution in [1.29, 1.82) is 0 Å². The SMILES string of the molecule is C/C=C(/Oc1ccc(NC(=O)c2c(OCC)ccn(-c3ccc(F)cc3)c2=O)cc1F)c1sc(CN2CCN(C)CC2)cc1N. The normalized spacial score (nSPS) is 14.4. The van der Waals surface area contributed by atoms with Gasteiger partial charge in [0.05, 0.1) is 17.2 Å². The molecular formula is C33H35F2N5O4S. The number of thiophene rings is 1. The highest BCUT2D eigenvalue weighted by Crippen LogP contribution is 2.35. The lowest BCUT2D eigenvalue weighted by Gasteiger charge is -2.31. The summed E-state index contributed by atoms with van der Waals surface area (Å²) in [6.45, 7) is 8.48. The van der Waals surface area contributed by atoms with Crippen LogP contribution in [-0.2, 0) is 6.54 Å². The zero-order chi connectivity index (χ0) is 32.1. The Morgan fingerprint density at radius 2 is 1.78 bits per heavy atom. The molecule has 0 bridgehead atoms. The van der Waals surface area contributed by atoms with E-state index in [0.29, 0.717) is 22.0 Å². The van der Waals surface area contributed by atoms with Gasteiger partial charge in [0.25, 0.3) is 11.5 Å². The summed E-state index contributed by atoms with van der Waals surface area (Å²) in [5, 5.41) is 2.58. The van der Waals surface area contributed by atoms with Gasteiger partial charge in [0.1, 0.15) is 22.9 Å². The summed E-state index contributed by atoms with van der Waals surface area (Å²) in [6, 6.07) is 12.7. The van der Waals surface area contributed by atoms with E-state index < -0.39 is 23.1 Å². The van der Waals surface area contributed by atoms with E-state index in [1.807, 2.05) is 6.07 Å². The molecule has 1 aliphatic heterocycles. The summed E-state index contributed by atoms with van der Waals surface area (Å²) < 4.78 is 41.4. The minimum absolute atomic E-state index is 0.0529. The molecule has 0 saturated carbocycles. The molecule has 0 radical (unpaired) electrons. The number of halogens is 2. The molecule has 2 aromatic carbocycles. The molecule has 0 aliphatic carbocycles. The van der Waals surface area contributed by atoms with Gasteiger partial charge < -0.3 is 25.4 Å². The lowest BCUT2D eigenvalue weighted by Crippen LogP contribution is -2.43. The van der Waals surface area contributed by atoms with Crippen molar-refractivity contribution in [3.63, 3.8) is 0 Å². The van der Waals surface area contributed by atoms with Crippen LogP contribution in [0.4, 0.5) is 20.2 Å². The number of pyridine rings is 1. The number of likely N-dealkylation sites (N-methyl/N-ethyl adjacent to an activating group) is 1. The van der Waals surface area contributed by atoms with Crippen molar-refractivity contribution in [2.75, 3.05) is 50.9 Å². The third-order valence-corrected chi connectivity index (χ3v) is 8.52. The number of allylic oxidation sites excluding steroid dienone is 1. The molecule has 0 unspecified atom stereocenters. The Bertz CT molecular complexity index is 1760. The molecule has 12 heteroatoms. The molecule has 3 heterocycles. The number of nitrogens with zero attached hydrogens (tertiary/aromatic N) is 3. The van der Waals surface area contributed by atoms with Gasteiger partial charge in [-0.1, -0.05) is 0 Å². The molecule has 45 heavy (non-hydrogen) atoms. The van der Waals surface area contributed by atoms with Crippen LogP contribution in [-0.4, -0.2) is 60.1 Å². The number of ether oxygens (including phenoxy) is 2. The Morgan fingerprint density at radius 1 is 1.04 bits per heavy atom. The van der Waals surface area contributed by atoms with E-state index in [-0.39, 0.29) is 29.4 Å². The second-order valence-corrected chi connectivity index (χ2v) is 11.7. The van der Waals surface area contributed by atoms with Crippen LogP contribution >= 0.6 is 11.3 Å². The Morgan fingerprint density at radius 3 is 2.44 bits per heavy atom. The molecule has 1 saturated heterocycles. The van der Waals surface area contributed by atoms with Crippen LogP contribution < -0.4 is 26.1 Å². The highest BCUT2D eigenvalue weighted by molar-refractivity contribution is 7.13. The zero-order valence-electron chi connectivity index (χ0n) is 25.3. The summed E-state index contributed by atoms with van der Waals surface area (Å²) >= 11 is 1.51. The number of benzene rings is 2. The molecule has 1 fully saturated rings. The molecule has 4 aromatic rings. The predicted molar refractivity (Wildman–Crippen MR) is 173 cm³/mol. The highest BCUT2D eigenvalue weighted by Gasteiger charge is 2.22. The van der Waals surface area contributed by atoms with Crippen LogP contribution in [0.1, 0.15) is 34.0 Å². The summed E-state index contributed by atoms with van der Waals surface area (Å²) in [5.74, 6) is -1.54. The van der Waals surface area contributed by atoms with Crippen LogP contribution in [0.15, 0.2) is 71.7 Å². The van der Waals surface area contributed by atoms with E-state index >= 15 is 4.39 Å². The van der Waals surface area contributed by atoms with Gasteiger partial charge in [-0.15, -0.1) is 11.3 Å². The number of carbonyl (C=O) groups excluding carboxylic acids is 1. The van der Waals surface area contributed by atoms with Gasteiger partial charge in [0, 0.05) is 61.2 Å². The first-order valence-electron chi connectivity index (χ1n) is 14.6. The third-order valence-electron chi connectivity index (χ3n) is 7.37. The van der Waals surface area contributed by atoms with E-state index in [9.17, 15) is 14.0 Å². The molecule has 1 aliphatic rings. The second-order valence-electron chi connectivity index (χ2n) is 10.6. The molecule has 5 rings (SSSR count). The number of carbonyl (C=O) groups is 1. The Hall–Kier alpha value is -4.52. The van der Waals surface area contributed by atoms with E-state index in [1.165, 1.54) is 64.6 Å². The number of nitrogens with one attached hydrogen (secondary N) is 1. The van der Waals surface area contributed by atoms with Crippen LogP contribution in [0.3, 0.4) is 0 Å². The third kappa shape index (κ3) is 7.42. The van der Waals surface area contributed by atoms with Crippen LogP contribution in [0.5, 0.6) is 11.5 Å². The van der Waals surface area contributed by atoms with Gasteiger partial charge >= 0.3 is 0 Å². The fourth-order valence-electron chi connectivity index (χ4n) is 4.97. The van der Waals surface area contributed by atoms with E-state index in [4.69, 9.17) is 15.2 Å². The lowest BCUT2D eigenvalue weighted by atomic mass is 10.2. The Balaban J connectivity index is 1.32. The second kappa shape index (κ2) is 14.1. The van der Waals surface area contributed by atoms with Gasteiger partial charge in [0.15, 0.2) is 11.6 Å². The molecule has 236 valence electrons. The first-order chi connectivity index (χ1) is 21.7. The molecule has 2 aromatic heterocycles. The van der Waals surface area contributed by atoms with E-state index in [1.54, 1.807) is 19.9 Å². The smallest absolute Gasteiger partial charge is 0.271 e. The maximum Gasteiger partial charge on any atom is 0.271 e. The topological polar surface area (TPSA) is 102 Å². The summed E-state index contributed by atoms with van der Waals surface area (Å²) in [6.07, 6.45) is 3.17. The van der Waals surface area contributed by atoms with Gasteiger partial charge in [-0.25, -0.2) is 8.78 Å². The minimum atomic E-state index is -0.790. The quantitative estimate of drug-likeness (QED) is 0.219. The lowest BCUT2D eigenvalue weighted by molar-refractivity contribution is 0.102. The zero-order valence-corrected chi connectivity index (χ0v) is 26.1. The molecule has 9 nitrogen and oxygen atoms in total. The number of amides is 1. The monoisotopic (exact) mass is 635 g/mol. The van der Waals surface area contributed by atoms with E-state index in [0.717, 1.165) is 43.7 Å². The Kier molecular flexibility index (Phi) is 9.96. The van der Waals surface area contributed by atoms with Crippen molar-refractivity contribution in [2.24, 2.45) is 0 Å². The first-order valence-corrected chi connectivity index (χ1v) is 15.4. The minimum Gasteiger partial charge on any atom is -0.493 e. The van der Waals surface area contributed by atoms with Crippen LogP contribution in [0.2, 0.25) is 0 Å². The predicted octanol–water partition coefficient (Wildman–Crippen LogP) is 5.60. The number of anilines is 2. The largest absolute Gasteiger partial charge is 0.493 e. The maximum absolute atomic E-state index is 15.3. The van der Waals surface area contributed by atoms with Gasteiger partial charge in [-0.2, -0.15) is 0 Å². The molecular weight excluding hydrogens is 600 g/mol. The van der Waals surface area contributed by atoms with Gasteiger partial charge in [-0.3, -0.25) is 19.1 Å². The van der Waals surface area contributed by atoms with Gasteiger partial charge in [0.2, 0.25) is 0 Å². The molecule has 0 atom stereocenters. The van der Waals surface area contributed by atoms with Gasteiger partial charge in [-0.05, 0) is 75.5 Å². The standard InChI is InChI=1S/C33H35F2N5O4S/c1-4-27(31-26(36)19-24(45-31)20-39-16-14-38(3)15-17-39)44-28-11-8-22(18-25(28)35)37-32(41)30-29(43-5-2)12-13-40(33(30)42)23-9-6-21(34)7-10-23/h4,6-13,18-19H,5,14-17,20,36H2,1-3H3,(H,37,41)/b27-4+. The van der Waals surface area contributed by atoms with Crippen LogP contribution in [0.25, 0.3) is 11.4 Å². The Labute approximate surface area is 264 Å². The van der Waals surface area contributed by atoms with Crippen molar-refractivity contribution in [2.45, 2.75) is 20.4 Å². The molecule has 1 amide bonds. The average Bonchev–Trinajstić information content (AvgIpc) is 3.38. The van der Waals surface area contributed by atoms with Crippen LogP contribution in [0, 0.1) is 11.6 Å². The number of hydrogen-bond acceptors (Lipinski definition) is 8. The number of aromatic nitrogens is 1. The highest BCUT2D eigenvalue weighted by atomic mass is 32.1. The summed E-state index contributed by atoms with van der Waals surface area (Å²) in [4.78, 5) is 33.2. The van der Waals surface area contributed by atoms with Crippen molar-refractivity contribution in [3.05, 3.63) is 104 Å². The van der Waals surface area contributed by atoms with Crippen molar-refractivity contribution in [3.8, 4) is 17.2 Å². The number of nitrogen functional groups attached to an aromatic ring is 1. The number of rotatable bonds is 10.